The third-order valence-corrected chi connectivity index (χ3v) is 8.95. The predicted octanol–water partition coefficient (Wildman–Crippen LogP) is 5.19. The highest BCUT2D eigenvalue weighted by Crippen LogP contribution is 2.48. The first-order valence-electron chi connectivity index (χ1n) is 15.2. The highest BCUT2D eigenvalue weighted by Gasteiger charge is 2.33. The van der Waals surface area contributed by atoms with E-state index in [0.29, 0.717) is 33.3 Å². The maximum absolute atomic E-state index is 13.6. The van der Waals surface area contributed by atoms with Crippen molar-refractivity contribution < 1.29 is 46.1 Å². The van der Waals surface area contributed by atoms with Crippen LogP contribution in [0.2, 0.25) is 0 Å². The number of nitrogens with one attached hydrogen (secondary N) is 1. The van der Waals surface area contributed by atoms with Crippen LogP contribution in [0.15, 0.2) is 65.1 Å². The topological polar surface area (TPSA) is 145 Å². The Morgan fingerprint density at radius 3 is 2.28 bits per heavy atom. The molecule has 1 aliphatic carbocycles. The highest BCUT2D eigenvalue weighted by atomic mass is 32.2. The Hall–Kier alpha value is -4.30. The van der Waals surface area contributed by atoms with Crippen LogP contribution in [0.25, 0.3) is 22.3 Å². The number of carbonyl (C=O) groups is 2. The van der Waals surface area contributed by atoms with Crippen molar-refractivity contribution >= 4 is 38.6 Å². The van der Waals surface area contributed by atoms with Crippen LogP contribution in [0.1, 0.15) is 50.6 Å². The van der Waals surface area contributed by atoms with Crippen LogP contribution in [0.4, 0.5) is 10.1 Å². The number of benzene rings is 3. The second-order valence-electron chi connectivity index (χ2n) is 11.1. The number of furan rings is 1. The molecule has 0 atom stereocenters. The first kappa shape index (κ1) is 34.0. The van der Waals surface area contributed by atoms with E-state index in [1.807, 2.05) is 6.07 Å². The number of hydrogen-bond donors (Lipinski definition) is 2. The van der Waals surface area contributed by atoms with E-state index >= 15 is 0 Å². The van der Waals surface area contributed by atoms with Crippen molar-refractivity contribution in [2.75, 3.05) is 57.2 Å². The Kier molecular flexibility index (Phi) is 10.9. The molecule has 0 unspecified atom stereocenters. The number of anilines is 1. The number of rotatable bonds is 17. The number of fused-ring (bicyclic) bond motifs is 1. The van der Waals surface area contributed by atoms with Gasteiger partial charge in [-0.1, -0.05) is 18.2 Å². The average molecular weight is 669 g/mol. The van der Waals surface area contributed by atoms with Crippen molar-refractivity contribution in [1.29, 1.82) is 0 Å². The molecule has 0 radical (unpaired) electrons. The molecular formula is C34H37FN2O9S. The van der Waals surface area contributed by atoms with E-state index in [1.165, 1.54) is 41.7 Å². The van der Waals surface area contributed by atoms with Crippen LogP contribution in [-0.4, -0.2) is 78.3 Å². The summed E-state index contributed by atoms with van der Waals surface area (Å²) in [5.74, 6) is -1.41. The predicted molar refractivity (Wildman–Crippen MR) is 174 cm³/mol. The zero-order chi connectivity index (χ0) is 33.6. The number of aromatic carboxylic acids is 1. The number of hydrogen-bond acceptors (Lipinski definition) is 8. The fourth-order valence-electron chi connectivity index (χ4n) is 5.33. The van der Waals surface area contributed by atoms with Gasteiger partial charge < -0.3 is 29.1 Å². The van der Waals surface area contributed by atoms with E-state index in [4.69, 9.17) is 18.6 Å². The third-order valence-electron chi connectivity index (χ3n) is 7.77. The van der Waals surface area contributed by atoms with E-state index < -0.39 is 21.8 Å². The minimum Gasteiger partial charge on any atom is -0.478 e. The van der Waals surface area contributed by atoms with Crippen molar-refractivity contribution in [1.82, 2.24) is 5.32 Å². The minimum atomic E-state index is -3.73. The molecule has 4 aromatic rings. The van der Waals surface area contributed by atoms with E-state index in [-0.39, 0.29) is 69.3 Å². The number of nitrogens with zero attached hydrogens (tertiary/aromatic N) is 1. The summed E-state index contributed by atoms with van der Waals surface area (Å²) in [4.78, 5) is 24.3. The van der Waals surface area contributed by atoms with Gasteiger partial charge in [-0.25, -0.2) is 17.6 Å². The molecule has 1 heterocycles. The second-order valence-corrected chi connectivity index (χ2v) is 13.1. The highest BCUT2D eigenvalue weighted by molar-refractivity contribution is 7.92. The van der Waals surface area contributed by atoms with E-state index in [1.54, 1.807) is 24.3 Å². The molecule has 5 rings (SSSR count). The van der Waals surface area contributed by atoms with Crippen LogP contribution in [0.5, 0.6) is 0 Å². The van der Waals surface area contributed by atoms with Crippen molar-refractivity contribution in [2.24, 2.45) is 0 Å². The van der Waals surface area contributed by atoms with Crippen molar-refractivity contribution in [3.05, 3.63) is 88.7 Å². The minimum absolute atomic E-state index is 0.0456. The number of carbonyl (C=O) groups excluding carboxylic acids is 1. The summed E-state index contributed by atoms with van der Waals surface area (Å²) in [6, 6.07) is 15.7. The molecule has 1 aromatic heterocycles. The van der Waals surface area contributed by atoms with Gasteiger partial charge in [-0.2, -0.15) is 0 Å². The molecule has 47 heavy (non-hydrogen) atoms. The number of carboxylic acids is 1. The molecule has 0 aliphatic heterocycles. The Morgan fingerprint density at radius 1 is 0.979 bits per heavy atom. The van der Waals surface area contributed by atoms with E-state index in [2.05, 4.69) is 5.32 Å². The van der Waals surface area contributed by atoms with Gasteiger partial charge in [0.2, 0.25) is 10.0 Å². The molecule has 3 aromatic carbocycles. The van der Waals surface area contributed by atoms with Gasteiger partial charge in [0.15, 0.2) is 0 Å². The van der Waals surface area contributed by atoms with Crippen LogP contribution in [0.3, 0.4) is 0 Å². The molecule has 1 amide bonds. The van der Waals surface area contributed by atoms with E-state index in [0.717, 1.165) is 24.7 Å². The number of carboxylic acid groups (broad SMARTS) is 1. The van der Waals surface area contributed by atoms with Crippen LogP contribution in [0, 0.1) is 5.82 Å². The summed E-state index contributed by atoms with van der Waals surface area (Å²) in [6.07, 6.45) is 2.91. The smallest absolute Gasteiger partial charge is 0.336 e. The van der Waals surface area contributed by atoms with Gasteiger partial charge in [-0.15, -0.1) is 0 Å². The number of ether oxygens (including phenoxy) is 3. The molecule has 13 heteroatoms. The first-order valence-corrected chi connectivity index (χ1v) is 17.0. The summed E-state index contributed by atoms with van der Waals surface area (Å²) >= 11 is 0. The van der Waals surface area contributed by atoms with E-state index in [9.17, 15) is 27.5 Å². The molecule has 1 aliphatic rings. The molecule has 250 valence electrons. The van der Waals surface area contributed by atoms with Gasteiger partial charge in [-0.3, -0.25) is 9.10 Å². The van der Waals surface area contributed by atoms with Gasteiger partial charge in [0.05, 0.1) is 69.3 Å². The first-order chi connectivity index (χ1) is 22.6. The molecule has 0 bridgehead atoms. The molecule has 1 saturated carbocycles. The molecular weight excluding hydrogens is 631 g/mol. The molecule has 0 spiro atoms. The molecule has 11 nitrogen and oxygen atoms in total. The van der Waals surface area contributed by atoms with Gasteiger partial charge in [0, 0.05) is 24.1 Å². The van der Waals surface area contributed by atoms with Gasteiger partial charge in [0.25, 0.3) is 5.91 Å². The van der Waals surface area contributed by atoms with Gasteiger partial charge in [-0.05, 0) is 66.3 Å². The van der Waals surface area contributed by atoms with Crippen molar-refractivity contribution in [2.45, 2.75) is 25.4 Å². The fourth-order valence-corrected chi connectivity index (χ4v) is 6.25. The Labute approximate surface area is 272 Å². The van der Waals surface area contributed by atoms with Gasteiger partial charge >= 0.3 is 5.97 Å². The number of amides is 1. The quantitative estimate of drug-likeness (QED) is 0.145. The molecule has 2 N–H and O–H groups in total. The van der Waals surface area contributed by atoms with Crippen molar-refractivity contribution in [3.63, 3.8) is 0 Å². The SMILES string of the molecule is CNC(=O)c1c(-c2ccc(F)cc2)oc2cc(N(CCOCCOCCOCc3ccccc3C(=O)O)S(C)(=O)=O)c(C3CC3)cc12. The average Bonchev–Trinajstić information content (AvgIpc) is 3.83. The lowest BCUT2D eigenvalue weighted by atomic mass is 10.0. The maximum atomic E-state index is 13.6. The lowest BCUT2D eigenvalue weighted by Crippen LogP contribution is -2.34. The Morgan fingerprint density at radius 2 is 1.64 bits per heavy atom. The number of halogens is 1. The van der Waals surface area contributed by atoms with Crippen molar-refractivity contribution in [3.8, 4) is 11.3 Å². The second kappa shape index (κ2) is 15.1. The van der Waals surface area contributed by atoms with Crippen LogP contribution < -0.4 is 9.62 Å². The van der Waals surface area contributed by atoms with Crippen LogP contribution >= 0.6 is 0 Å². The summed E-state index contributed by atoms with van der Waals surface area (Å²) in [7, 11) is -2.21. The summed E-state index contributed by atoms with van der Waals surface area (Å²) in [6.45, 7) is 1.32. The van der Waals surface area contributed by atoms with Crippen LogP contribution in [-0.2, 0) is 30.8 Å². The summed E-state index contributed by atoms with van der Waals surface area (Å²) < 4.78 is 63.9. The fraction of sp³-hybridized carbons (Fsp3) is 0.353. The molecule has 1 fully saturated rings. The lowest BCUT2D eigenvalue weighted by molar-refractivity contribution is 0.0118. The van der Waals surface area contributed by atoms with Gasteiger partial charge in [0.1, 0.15) is 17.2 Å². The maximum Gasteiger partial charge on any atom is 0.336 e. The Balaban J connectivity index is 1.22. The largest absolute Gasteiger partial charge is 0.478 e. The molecule has 0 saturated heterocycles. The normalized spacial score (nSPS) is 13.2. The third kappa shape index (κ3) is 8.35. The Bertz CT molecular complexity index is 1840. The standard InChI is InChI=1S/C34H37FN2O9S/c1-36-33(38)31-28-19-27(22-7-8-22)29(20-30(28)46-32(31)23-9-11-25(35)12-10-23)37(47(2,41)42)13-14-43-15-16-44-17-18-45-21-24-5-3-4-6-26(24)34(39)40/h3-6,9-12,19-20,22H,7-8,13-18,21H2,1-2H3,(H,36,38)(H,39,40). The number of sulfonamides is 1. The zero-order valence-corrected chi connectivity index (χ0v) is 27.0. The summed E-state index contributed by atoms with van der Waals surface area (Å²) in [5.41, 5.74) is 3.19. The lowest BCUT2D eigenvalue weighted by Gasteiger charge is -2.25. The zero-order valence-electron chi connectivity index (χ0n) is 26.2. The monoisotopic (exact) mass is 668 g/mol. The summed E-state index contributed by atoms with van der Waals surface area (Å²) in [5, 5.41) is 12.5.